The Balaban J connectivity index is 2.67. The zero-order valence-electron chi connectivity index (χ0n) is 8.12. The zero-order chi connectivity index (χ0) is 10.1. The highest BCUT2D eigenvalue weighted by molar-refractivity contribution is 5.86. The van der Waals surface area contributed by atoms with E-state index in [0.29, 0.717) is 0 Å². The molecule has 2 aromatic rings. The van der Waals surface area contributed by atoms with Crippen molar-refractivity contribution in [1.29, 1.82) is 0 Å². The molecule has 0 aliphatic carbocycles. The molecule has 0 amide bonds. The van der Waals surface area contributed by atoms with Crippen molar-refractivity contribution in [2.24, 2.45) is 5.73 Å². The second kappa shape index (κ2) is 3.44. The molecule has 0 fully saturated rings. The van der Waals surface area contributed by atoms with Crippen LogP contribution in [-0.2, 0) is 0 Å². The van der Waals surface area contributed by atoms with E-state index >= 15 is 0 Å². The van der Waals surface area contributed by atoms with Gasteiger partial charge in [0.15, 0.2) is 0 Å². The van der Waals surface area contributed by atoms with Crippen LogP contribution in [0.1, 0.15) is 17.2 Å². The summed E-state index contributed by atoms with van der Waals surface area (Å²) < 4.78 is 0. The number of nitrogens with one attached hydrogen (secondary N) is 1. The molecule has 74 valence electrons. The summed E-state index contributed by atoms with van der Waals surface area (Å²) in [4.78, 5) is 3.13. The number of aliphatic hydroxyl groups is 1. The van der Waals surface area contributed by atoms with Gasteiger partial charge in [0, 0.05) is 29.2 Å². The first-order chi connectivity index (χ1) is 6.74. The lowest BCUT2D eigenvalue weighted by Crippen LogP contribution is -2.11. The fourth-order valence-electron chi connectivity index (χ4n) is 1.79. The molecule has 1 heterocycles. The minimum atomic E-state index is -0.579. The summed E-state index contributed by atoms with van der Waals surface area (Å²) in [7, 11) is 0. The smallest absolute Gasteiger partial charge is 0.0932 e. The Morgan fingerprint density at radius 2 is 2.29 bits per heavy atom. The van der Waals surface area contributed by atoms with Crippen LogP contribution in [0.5, 0.6) is 0 Å². The normalized spacial score (nSPS) is 13.4. The standard InChI is InChI=1S/C11H14N2O/c1-7-3-2-4-9-11(7)8(6-13-9)10(14)5-12/h2-4,6,10,13-14H,5,12H2,1H3/t10-/m1/s1. The van der Waals surface area contributed by atoms with Gasteiger partial charge >= 0.3 is 0 Å². The van der Waals surface area contributed by atoms with Crippen molar-refractivity contribution in [3.05, 3.63) is 35.5 Å². The van der Waals surface area contributed by atoms with E-state index in [-0.39, 0.29) is 6.54 Å². The van der Waals surface area contributed by atoms with Gasteiger partial charge in [0.1, 0.15) is 0 Å². The van der Waals surface area contributed by atoms with Crippen molar-refractivity contribution < 1.29 is 5.11 Å². The lowest BCUT2D eigenvalue weighted by atomic mass is 10.0. The van der Waals surface area contributed by atoms with E-state index in [1.807, 2.05) is 31.3 Å². The summed E-state index contributed by atoms with van der Waals surface area (Å²) in [6, 6.07) is 6.02. The SMILES string of the molecule is Cc1cccc2[nH]cc([C@H](O)CN)c12. The van der Waals surface area contributed by atoms with Crippen LogP contribution in [0.15, 0.2) is 24.4 Å². The number of benzene rings is 1. The van der Waals surface area contributed by atoms with E-state index in [4.69, 9.17) is 5.73 Å². The molecule has 1 atom stereocenters. The van der Waals surface area contributed by atoms with Crippen LogP contribution in [0.25, 0.3) is 10.9 Å². The second-order valence-electron chi connectivity index (χ2n) is 3.49. The fourth-order valence-corrected chi connectivity index (χ4v) is 1.79. The van der Waals surface area contributed by atoms with Gasteiger partial charge in [-0.15, -0.1) is 0 Å². The topological polar surface area (TPSA) is 62.0 Å². The Morgan fingerprint density at radius 1 is 1.50 bits per heavy atom. The molecule has 1 aromatic carbocycles. The molecule has 14 heavy (non-hydrogen) atoms. The molecule has 1 aromatic heterocycles. The molecule has 0 spiro atoms. The largest absolute Gasteiger partial charge is 0.387 e. The van der Waals surface area contributed by atoms with Crippen LogP contribution in [0.2, 0.25) is 0 Å². The Morgan fingerprint density at radius 3 is 3.00 bits per heavy atom. The molecule has 0 unspecified atom stereocenters. The number of rotatable bonds is 2. The third-order valence-corrected chi connectivity index (χ3v) is 2.53. The lowest BCUT2D eigenvalue weighted by Gasteiger charge is -2.07. The quantitative estimate of drug-likeness (QED) is 0.671. The number of fused-ring (bicyclic) bond motifs is 1. The van der Waals surface area contributed by atoms with Crippen molar-refractivity contribution in [3.63, 3.8) is 0 Å². The van der Waals surface area contributed by atoms with Gasteiger partial charge < -0.3 is 15.8 Å². The van der Waals surface area contributed by atoms with Crippen molar-refractivity contribution in [1.82, 2.24) is 4.98 Å². The first-order valence-electron chi connectivity index (χ1n) is 4.68. The minimum Gasteiger partial charge on any atom is -0.387 e. The second-order valence-corrected chi connectivity index (χ2v) is 3.49. The molecule has 0 saturated carbocycles. The van der Waals surface area contributed by atoms with Crippen LogP contribution in [0.4, 0.5) is 0 Å². The molecule has 0 aliphatic rings. The predicted molar refractivity (Wildman–Crippen MR) is 57.0 cm³/mol. The monoisotopic (exact) mass is 190 g/mol. The third kappa shape index (κ3) is 1.31. The van der Waals surface area contributed by atoms with Gasteiger partial charge in [-0.25, -0.2) is 0 Å². The maximum atomic E-state index is 9.70. The summed E-state index contributed by atoms with van der Waals surface area (Å²) >= 11 is 0. The number of nitrogens with two attached hydrogens (primary N) is 1. The molecule has 3 heteroatoms. The summed E-state index contributed by atoms with van der Waals surface area (Å²) in [6.45, 7) is 2.28. The van der Waals surface area contributed by atoms with Gasteiger partial charge in [-0.2, -0.15) is 0 Å². The van der Waals surface area contributed by atoms with E-state index in [1.165, 1.54) is 0 Å². The van der Waals surface area contributed by atoms with Gasteiger partial charge in [-0.3, -0.25) is 0 Å². The van der Waals surface area contributed by atoms with E-state index in [1.54, 1.807) is 0 Å². The number of aryl methyl sites for hydroxylation is 1. The minimum absolute atomic E-state index is 0.251. The lowest BCUT2D eigenvalue weighted by molar-refractivity contribution is 0.188. The molecule has 0 saturated heterocycles. The molecule has 0 bridgehead atoms. The summed E-state index contributed by atoms with van der Waals surface area (Å²) in [5.74, 6) is 0. The maximum Gasteiger partial charge on any atom is 0.0932 e. The maximum absolute atomic E-state index is 9.70. The average molecular weight is 190 g/mol. The van der Waals surface area contributed by atoms with Gasteiger partial charge in [0.05, 0.1) is 6.10 Å². The summed E-state index contributed by atoms with van der Waals surface area (Å²) in [5.41, 5.74) is 8.54. The molecule has 3 nitrogen and oxygen atoms in total. The van der Waals surface area contributed by atoms with Crippen LogP contribution in [0, 0.1) is 6.92 Å². The molecule has 0 aliphatic heterocycles. The summed E-state index contributed by atoms with van der Waals surface area (Å²) in [5, 5.41) is 10.8. The molecular formula is C11H14N2O. The van der Waals surface area contributed by atoms with E-state index in [2.05, 4.69) is 4.98 Å². The number of aliphatic hydroxyl groups excluding tert-OH is 1. The molecular weight excluding hydrogens is 176 g/mol. The van der Waals surface area contributed by atoms with Crippen molar-refractivity contribution >= 4 is 10.9 Å². The highest BCUT2D eigenvalue weighted by atomic mass is 16.3. The molecule has 0 radical (unpaired) electrons. The highest BCUT2D eigenvalue weighted by Crippen LogP contribution is 2.26. The highest BCUT2D eigenvalue weighted by Gasteiger charge is 2.12. The van der Waals surface area contributed by atoms with Crippen molar-refractivity contribution in [3.8, 4) is 0 Å². The summed E-state index contributed by atoms with van der Waals surface area (Å²) in [6.07, 6.45) is 1.25. The van der Waals surface area contributed by atoms with E-state index in [9.17, 15) is 5.11 Å². The number of hydrogen-bond acceptors (Lipinski definition) is 2. The first kappa shape index (κ1) is 9.24. The van der Waals surface area contributed by atoms with Gasteiger partial charge in [0.2, 0.25) is 0 Å². The van der Waals surface area contributed by atoms with Crippen molar-refractivity contribution in [2.45, 2.75) is 13.0 Å². The van der Waals surface area contributed by atoms with E-state index < -0.39 is 6.10 Å². The van der Waals surface area contributed by atoms with Gasteiger partial charge in [0.25, 0.3) is 0 Å². The Labute approximate surface area is 82.6 Å². The fraction of sp³-hybridized carbons (Fsp3) is 0.273. The Hall–Kier alpha value is -1.32. The number of H-pyrrole nitrogens is 1. The zero-order valence-corrected chi connectivity index (χ0v) is 8.12. The third-order valence-electron chi connectivity index (χ3n) is 2.53. The number of aromatic nitrogens is 1. The van der Waals surface area contributed by atoms with E-state index in [0.717, 1.165) is 22.0 Å². The van der Waals surface area contributed by atoms with Crippen LogP contribution in [0.3, 0.4) is 0 Å². The predicted octanol–water partition coefficient (Wildman–Crippen LogP) is 1.47. The van der Waals surface area contributed by atoms with Gasteiger partial charge in [-0.1, -0.05) is 12.1 Å². The van der Waals surface area contributed by atoms with Gasteiger partial charge in [-0.05, 0) is 18.6 Å². The Kier molecular flexibility index (Phi) is 2.27. The first-order valence-corrected chi connectivity index (χ1v) is 4.68. The van der Waals surface area contributed by atoms with Crippen LogP contribution < -0.4 is 5.73 Å². The van der Waals surface area contributed by atoms with Crippen LogP contribution in [-0.4, -0.2) is 16.6 Å². The Bertz CT molecular complexity index is 447. The number of aromatic amines is 1. The average Bonchev–Trinajstić information content (AvgIpc) is 2.62. The van der Waals surface area contributed by atoms with Crippen molar-refractivity contribution in [2.75, 3.05) is 6.54 Å². The molecule has 4 N–H and O–H groups in total. The number of hydrogen-bond donors (Lipinski definition) is 3. The molecule has 2 rings (SSSR count). The van der Waals surface area contributed by atoms with Crippen LogP contribution >= 0.6 is 0 Å².